The maximum Gasteiger partial charge on any atom is 0.416 e. The number of pyridine rings is 1. The van der Waals surface area contributed by atoms with Crippen molar-refractivity contribution in [2.75, 3.05) is 5.32 Å². The van der Waals surface area contributed by atoms with Crippen LogP contribution in [0.4, 0.5) is 32.0 Å². The number of nitrogens with zero attached hydrogens (tertiary/aromatic N) is 1. The summed E-state index contributed by atoms with van der Waals surface area (Å²) in [5.74, 6) is 0. The molecule has 0 spiro atoms. The van der Waals surface area contributed by atoms with E-state index in [4.69, 9.17) is 0 Å². The third-order valence-electron chi connectivity index (χ3n) is 5.07. The fourth-order valence-electron chi connectivity index (χ4n) is 3.57. The van der Waals surface area contributed by atoms with Gasteiger partial charge < -0.3 is 10.4 Å². The molecule has 166 valence electrons. The Morgan fingerprint density at radius 1 is 1.03 bits per heavy atom. The number of aliphatic hydroxyl groups excluding tert-OH is 1. The van der Waals surface area contributed by atoms with E-state index in [1.54, 1.807) is 0 Å². The van der Waals surface area contributed by atoms with Crippen LogP contribution in [0.1, 0.15) is 30.4 Å². The van der Waals surface area contributed by atoms with Gasteiger partial charge in [-0.1, -0.05) is 12.1 Å². The third-order valence-corrected chi connectivity index (χ3v) is 5.07. The van der Waals surface area contributed by atoms with Crippen LogP contribution >= 0.6 is 12.4 Å². The molecule has 1 fully saturated rings. The van der Waals surface area contributed by atoms with E-state index in [2.05, 4.69) is 15.6 Å². The summed E-state index contributed by atoms with van der Waals surface area (Å²) in [6.07, 6.45) is -7.75. The zero-order chi connectivity index (χ0) is 21.3. The predicted octanol–water partition coefficient (Wildman–Crippen LogP) is 4.85. The Bertz CT molecular complexity index is 816. The van der Waals surface area contributed by atoms with Crippen molar-refractivity contribution in [2.45, 2.75) is 49.4 Å². The molecule has 1 aliphatic heterocycles. The Morgan fingerprint density at radius 3 is 2.17 bits per heavy atom. The number of anilines is 1. The zero-order valence-electron chi connectivity index (χ0n) is 15.5. The zero-order valence-corrected chi connectivity index (χ0v) is 16.3. The first kappa shape index (κ1) is 24.2. The number of benzene rings is 1. The summed E-state index contributed by atoms with van der Waals surface area (Å²) in [6, 6.07) is 4.96. The van der Waals surface area contributed by atoms with Gasteiger partial charge in [-0.15, -0.1) is 12.4 Å². The lowest BCUT2D eigenvalue weighted by Gasteiger charge is -2.46. The molecule has 4 nitrogen and oxygen atoms in total. The Balaban J connectivity index is 0.00000320. The SMILES string of the molecule is Cl.OC(Nc1ccncc1)C1(c2ccc(C(F)(F)F)cc2)CCCC(C(F)(F)F)N1. The van der Waals surface area contributed by atoms with Crippen molar-refractivity contribution in [1.82, 2.24) is 10.3 Å². The second kappa shape index (κ2) is 8.99. The number of hydrogen-bond donors (Lipinski definition) is 3. The molecule has 0 aliphatic carbocycles. The number of halogens is 7. The van der Waals surface area contributed by atoms with E-state index in [-0.39, 0.29) is 37.2 Å². The fraction of sp³-hybridized carbons (Fsp3) is 0.421. The maximum absolute atomic E-state index is 13.4. The Kier molecular flexibility index (Phi) is 7.26. The molecule has 0 amide bonds. The molecule has 0 saturated carbocycles. The number of piperidine rings is 1. The molecule has 3 unspecified atom stereocenters. The number of hydrogen-bond acceptors (Lipinski definition) is 4. The van der Waals surface area contributed by atoms with Crippen molar-refractivity contribution >= 4 is 18.1 Å². The normalized spacial score (nSPS) is 23.4. The molecule has 1 aromatic carbocycles. The van der Waals surface area contributed by atoms with Gasteiger partial charge in [-0.2, -0.15) is 26.3 Å². The van der Waals surface area contributed by atoms with Gasteiger partial charge in [0, 0.05) is 18.1 Å². The van der Waals surface area contributed by atoms with Crippen molar-refractivity contribution in [3.05, 3.63) is 59.9 Å². The number of aliphatic hydroxyl groups is 1. The fourth-order valence-corrected chi connectivity index (χ4v) is 3.57. The maximum atomic E-state index is 13.4. The summed E-state index contributed by atoms with van der Waals surface area (Å²) in [6.45, 7) is 0. The molecule has 3 rings (SSSR count). The highest BCUT2D eigenvalue weighted by molar-refractivity contribution is 5.85. The molecule has 1 saturated heterocycles. The van der Waals surface area contributed by atoms with E-state index in [1.165, 1.54) is 24.5 Å². The number of rotatable bonds is 4. The highest BCUT2D eigenvalue weighted by Crippen LogP contribution is 2.41. The largest absolute Gasteiger partial charge is 0.416 e. The lowest BCUT2D eigenvalue weighted by Crippen LogP contribution is -2.63. The standard InChI is InChI=1S/C19H19F6N3O.ClH/c20-18(21,22)13-5-3-12(4-6-13)17(9-1-2-15(28-17)19(23,24)25)16(29)27-14-7-10-26-11-8-14;/h3-8,10-11,15-16,28-29H,1-2,9H2,(H,26,27);1H. The van der Waals surface area contributed by atoms with Gasteiger partial charge in [-0.05, 0) is 49.1 Å². The van der Waals surface area contributed by atoms with Crippen molar-refractivity contribution in [3.63, 3.8) is 0 Å². The summed E-state index contributed by atoms with van der Waals surface area (Å²) in [4.78, 5) is 3.83. The quantitative estimate of drug-likeness (QED) is 0.455. The van der Waals surface area contributed by atoms with Crippen LogP contribution in [0, 0.1) is 0 Å². The van der Waals surface area contributed by atoms with Gasteiger partial charge in [-0.25, -0.2) is 0 Å². The summed E-state index contributed by atoms with van der Waals surface area (Å²) in [5.41, 5.74) is -2.01. The smallest absolute Gasteiger partial charge is 0.371 e. The second-order valence-electron chi connectivity index (χ2n) is 6.96. The van der Waals surface area contributed by atoms with E-state index >= 15 is 0 Å². The summed E-state index contributed by atoms with van der Waals surface area (Å²) < 4.78 is 78.8. The first-order chi connectivity index (χ1) is 13.5. The van der Waals surface area contributed by atoms with Crippen molar-refractivity contribution in [1.29, 1.82) is 0 Å². The van der Waals surface area contributed by atoms with Crippen LogP contribution in [-0.4, -0.2) is 28.5 Å². The van der Waals surface area contributed by atoms with Crippen LogP contribution in [0.2, 0.25) is 0 Å². The minimum absolute atomic E-state index is 0. The van der Waals surface area contributed by atoms with Crippen LogP contribution in [0.25, 0.3) is 0 Å². The lowest BCUT2D eigenvalue weighted by molar-refractivity contribution is -0.173. The second-order valence-corrected chi connectivity index (χ2v) is 6.96. The average Bonchev–Trinajstić information content (AvgIpc) is 2.67. The summed E-state index contributed by atoms with van der Waals surface area (Å²) in [5, 5.41) is 16.1. The lowest BCUT2D eigenvalue weighted by atomic mass is 9.78. The van der Waals surface area contributed by atoms with E-state index < -0.39 is 35.7 Å². The molecule has 2 heterocycles. The molecule has 0 radical (unpaired) electrons. The number of nitrogens with one attached hydrogen (secondary N) is 2. The van der Waals surface area contributed by atoms with Gasteiger partial charge in [0.15, 0.2) is 0 Å². The van der Waals surface area contributed by atoms with Crippen LogP contribution in [0.15, 0.2) is 48.8 Å². The molecule has 0 bridgehead atoms. The molecule has 11 heteroatoms. The third kappa shape index (κ3) is 5.16. The number of aromatic nitrogens is 1. The van der Waals surface area contributed by atoms with Crippen molar-refractivity contribution in [2.24, 2.45) is 0 Å². The molecule has 1 aromatic heterocycles. The Labute approximate surface area is 175 Å². The number of alkyl halides is 6. The molecular formula is C19H20ClF6N3O. The summed E-state index contributed by atoms with van der Waals surface area (Å²) in [7, 11) is 0. The predicted molar refractivity (Wildman–Crippen MR) is 101 cm³/mol. The van der Waals surface area contributed by atoms with Gasteiger partial charge in [-0.3, -0.25) is 10.3 Å². The van der Waals surface area contributed by atoms with E-state index in [1.807, 2.05) is 0 Å². The highest BCUT2D eigenvalue weighted by Gasteiger charge is 2.51. The van der Waals surface area contributed by atoms with E-state index in [9.17, 15) is 31.4 Å². The van der Waals surface area contributed by atoms with Gasteiger partial charge in [0.1, 0.15) is 12.3 Å². The van der Waals surface area contributed by atoms with Crippen LogP contribution in [0.5, 0.6) is 0 Å². The van der Waals surface area contributed by atoms with Gasteiger partial charge in [0.2, 0.25) is 0 Å². The minimum atomic E-state index is -4.58. The van der Waals surface area contributed by atoms with Gasteiger partial charge in [0.05, 0.1) is 11.1 Å². The molecule has 2 aromatic rings. The molecule has 3 N–H and O–H groups in total. The Morgan fingerprint density at radius 2 is 1.63 bits per heavy atom. The first-order valence-corrected chi connectivity index (χ1v) is 8.89. The molecule has 3 atom stereocenters. The monoisotopic (exact) mass is 455 g/mol. The van der Waals surface area contributed by atoms with Crippen LogP contribution in [0.3, 0.4) is 0 Å². The molecular weight excluding hydrogens is 436 g/mol. The van der Waals surface area contributed by atoms with Gasteiger partial charge >= 0.3 is 12.4 Å². The minimum Gasteiger partial charge on any atom is -0.371 e. The van der Waals surface area contributed by atoms with Crippen LogP contribution in [-0.2, 0) is 11.7 Å². The molecule has 30 heavy (non-hydrogen) atoms. The van der Waals surface area contributed by atoms with Gasteiger partial charge in [0.25, 0.3) is 0 Å². The van der Waals surface area contributed by atoms with E-state index in [0.717, 1.165) is 24.3 Å². The van der Waals surface area contributed by atoms with E-state index in [0.29, 0.717) is 5.69 Å². The van der Waals surface area contributed by atoms with Crippen LogP contribution < -0.4 is 10.6 Å². The average molecular weight is 456 g/mol. The van der Waals surface area contributed by atoms with Crippen molar-refractivity contribution in [3.8, 4) is 0 Å². The summed E-state index contributed by atoms with van der Waals surface area (Å²) >= 11 is 0. The topological polar surface area (TPSA) is 57.2 Å². The molecule has 1 aliphatic rings. The Hall–Kier alpha value is -2.04. The van der Waals surface area contributed by atoms with Crippen molar-refractivity contribution < 1.29 is 31.4 Å². The first-order valence-electron chi connectivity index (χ1n) is 8.89. The highest BCUT2D eigenvalue weighted by atomic mass is 35.5.